The Hall–Kier alpha value is -2.70. The molecule has 7 heteroatoms. The van der Waals surface area contributed by atoms with Crippen LogP contribution in [0.2, 0.25) is 0 Å². The van der Waals surface area contributed by atoms with Crippen molar-refractivity contribution in [2.24, 2.45) is 0 Å². The molecule has 0 saturated heterocycles. The number of aromatic amines is 1. The smallest absolute Gasteiger partial charge is 0.375 e. The van der Waals surface area contributed by atoms with E-state index in [-0.39, 0.29) is 5.65 Å². The van der Waals surface area contributed by atoms with Crippen LogP contribution < -0.4 is 5.69 Å². The van der Waals surface area contributed by atoms with Crippen molar-refractivity contribution in [3.8, 4) is 0 Å². The number of carboxylic acid groups (broad SMARTS) is 1. The maximum atomic E-state index is 11.7. The van der Waals surface area contributed by atoms with Crippen molar-refractivity contribution in [2.75, 3.05) is 0 Å². The van der Waals surface area contributed by atoms with Crippen LogP contribution in [0.15, 0.2) is 23.0 Å². The van der Waals surface area contributed by atoms with Crippen molar-refractivity contribution in [1.29, 1.82) is 0 Å². The maximum absolute atomic E-state index is 11.7. The van der Waals surface area contributed by atoms with Crippen LogP contribution in [0, 0.1) is 6.92 Å². The van der Waals surface area contributed by atoms with E-state index in [4.69, 9.17) is 5.11 Å². The Morgan fingerprint density at radius 3 is 2.94 bits per heavy atom. The quantitative estimate of drug-likeness (QED) is 0.652. The number of aromatic carboxylic acids is 1. The Morgan fingerprint density at radius 1 is 1.44 bits per heavy atom. The molecule has 0 bridgehead atoms. The van der Waals surface area contributed by atoms with E-state index >= 15 is 0 Å². The van der Waals surface area contributed by atoms with Gasteiger partial charge in [-0.2, -0.15) is 4.52 Å². The minimum absolute atomic E-state index is 0.245. The lowest BCUT2D eigenvalue weighted by Crippen LogP contribution is -2.17. The van der Waals surface area contributed by atoms with Gasteiger partial charge >= 0.3 is 11.7 Å². The molecule has 1 aromatic carbocycles. The van der Waals surface area contributed by atoms with Gasteiger partial charge < -0.3 is 10.1 Å². The van der Waals surface area contributed by atoms with Crippen LogP contribution in [-0.4, -0.2) is 30.7 Å². The monoisotopic (exact) mass is 244 g/mol. The highest BCUT2D eigenvalue weighted by Crippen LogP contribution is 2.16. The van der Waals surface area contributed by atoms with Crippen molar-refractivity contribution in [3.05, 3.63) is 40.1 Å². The maximum Gasteiger partial charge on any atom is 0.375 e. The number of nitrogens with one attached hydrogen (secondary N) is 1. The summed E-state index contributed by atoms with van der Waals surface area (Å²) in [7, 11) is 0. The summed E-state index contributed by atoms with van der Waals surface area (Å²) in [6.45, 7) is 1.90. The van der Waals surface area contributed by atoms with Gasteiger partial charge in [-0.3, -0.25) is 0 Å². The molecule has 7 nitrogen and oxygen atoms in total. The first-order valence-corrected chi connectivity index (χ1v) is 5.19. The predicted molar refractivity (Wildman–Crippen MR) is 62.8 cm³/mol. The molecule has 3 rings (SSSR count). The van der Waals surface area contributed by atoms with Gasteiger partial charge in [0, 0.05) is 5.39 Å². The summed E-state index contributed by atoms with van der Waals surface area (Å²) in [4.78, 5) is 29.1. The largest absolute Gasteiger partial charge is 0.475 e. The highest BCUT2D eigenvalue weighted by atomic mass is 16.4. The zero-order valence-corrected chi connectivity index (χ0v) is 9.34. The summed E-state index contributed by atoms with van der Waals surface area (Å²) < 4.78 is 0.964. The fourth-order valence-electron chi connectivity index (χ4n) is 1.84. The van der Waals surface area contributed by atoms with E-state index < -0.39 is 17.5 Å². The van der Waals surface area contributed by atoms with Crippen LogP contribution in [0.3, 0.4) is 0 Å². The second kappa shape index (κ2) is 3.39. The standard InChI is InChI=1S/C11H8N4O3/c1-5-2-3-7-6(4-5)9-13-8(10(16)17)14-15(9)11(18)12-7/h2-4H,1H3,(H,12,18)(H,16,17). The van der Waals surface area contributed by atoms with Crippen LogP contribution >= 0.6 is 0 Å². The third kappa shape index (κ3) is 1.37. The van der Waals surface area contributed by atoms with Gasteiger partial charge in [0.2, 0.25) is 0 Å². The summed E-state index contributed by atoms with van der Waals surface area (Å²) in [6, 6.07) is 5.42. The van der Waals surface area contributed by atoms with Gasteiger partial charge in [0.05, 0.1) is 5.52 Å². The molecule has 0 radical (unpaired) electrons. The first-order valence-electron chi connectivity index (χ1n) is 5.19. The highest BCUT2D eigenvalue weighted by molar-refractivity contribution is 5.93. The van der Waals surface area contributed by atoms with E-state index in [2.05, 4.69) is 15.1 Å². The zero-order valence-electron chi connectivity index (χ0n) is 9.34. The number of aromatic nitrogens is 4. The van der Waals surface area contributed by atoms with E-state index in [0.29, 0.717) is 10.9 Å². The second-order valence-corrected chi connectivity index (χ2v) is 3.96. The van der Waals surface area contributed by atoms with Crippen LogP contribution in [0.25, 0.3) is 16.6 Å². The number of carboxylic acids is 1. The van der Waals surface area contributed by atoms with Gasteiger partial charge in [-0.1, -0.05) is 11.6 Å². The average Bonchev–Trinajstić information content (AvgIpc) is 2.76. The van der Waals surface area contributed by atoms with E-state index in [0.717, 1.165) is 10.1 Å². The minimum atomic E-state index is -1.26. The van der Waals surface area contributed by atoms with E-state index in [1.807, 2.05) is 19.1 Å². The molecule has 0 atom stereocenters. The van der Waals surface area contributed by atoms with Crippen molar-refractivity contribution in [1.82, 2.24) is 19.6 Å². The summed E-state index contributed by atoms with van der Waals surface area (Å²) in [5, 5.41) is 13.2. The molecular weight excluding hydrogens is 236 g/mol. The molecule has 2 aromatic heterocycles. The fourth-order valence-corrected chi connectivity index (χ4v) is 1.84. The van der Waals surface area contributed by atoms with Gasteiger partial charge in [0.25, 0.3) is 5.82 Å². The Bertz CT molecular complexity index is 846. The molecule has 0 unspecified atom stereocenters. The van der Waals surface area contributed by atoms with Gasteiger partial charge in [0.15, 0.2) is 5.65 Å². The van der Waals surface area contributed by atoms with Gasteiger partial charge in [-0.25, -0.2) is 14.6 Å². The Kier molecular flexibility index (Phi) is 1.97. The molecule has 0 aliphatic heterocycles. The average molecular weight is 244 g/mol. The molecule has 0 aliphatic rings. The summed E-state index contributed by atoms with van der Waals surface area (Å²) in [5.41, 5.74) is 1.31. The molecule has 2 N–H and O–H groups in total. The normalized spacial score (nSPS) is 11.2. The summed E-state index contributed by atoms with van der Waals surface area (Å²) in [5.74, 6) is -1.66. The number of rotatable bonds is 1. The zero-order chi connectivity index (χ0) is 12.9. The second-order valence-electron chi connectivity index (χ2n) is 3.96. The van der Waals surface area contributed by atoms with Crippen LogP contribution in [0.1, 0.15) is 16.2 Å². The van der Waals surface area contributed by atoms with Gasteiger partial charge in [-0.15, -0.1) is 5.10 Å². The lowest BCUT2D eigenvalue weighted by molar-refractivity contribution is 0.0684. The van der Waals surface area contributed by atoms with Crippen molar-refractivity contribution in [2.45, 2.75) is 6.92 Å². The van der Waals surface area contributed by atoms with E-state index in [1.165, 1.54) is 0 Å². The fraction of sp³-hybridized carbons (Fsp3) is 0.0909. The summed E-state index contributed by atoms with van der Waals surface area (Å²) in [6.07, 6.45) is 0. The molecule has 90 valence electrons. The van der Waals surface area contributed by atoms with Crippen LogP contribution in [0.4, 0.5) is 0 Å². The van der Waals surface area contributed by atoms with Crippen molar-refractivity contribution in [3.63, 3.8) is 0 Å². The predicted octanol–water partition coefficient (Wildman–Crippen LogP) is 0.577. The third-order valence-corrected chi connectivity index (χ3v) is 2.65. The SMILES string of the molecule is Cc1ccc2[nH]c(=O)n3nc(C(=O)O)nc3c2c1. The molecule has 0 amide bonds. The Balaban J connectivity index is 2.55. The van der Waals surface area contributed by atoms with Crippen molar-refractivity contribution < 1.29 is 9.90 Å². The number of aryl methyl sites for hydroxylation is 1. The highest BCUT2D eigenvalue weighted by Gasteiger charge is 2.15. The number of hydrogen-bond donors (Lipinski definition) is 2. The first-order chi connectivity index (χ1) is 8.56. The molecule has 0 spiro atoms. The lowest BCUT2D eigenvalue weighted by atomic mass is 10.2. The molecule has 0 fully saturated rings. The third-order valence-electron chi connectivity index (χ3n) is 2.65. The van der Waals surface area contributed by atoms with E-state index in [1.54, 1.807) is 6.07 Å². The molecule has 18 heavy (non-hydrogen) atoms. The number of carbonyl (C=O) groups is 1. The molecule has 2 heterocycles. The van der Waals surface area contributed by atoms with Crippen LogP contribution in [0.5, 0.6) is 0 Å². The molecule has 0 saturated carbocycles. The number of nitrogens with zero attached hydrogens (tertiary/aromatic N) is 3. The Labute approximate surface area is 99.7 Å². The minimum Gasteiger partial charge on any atom is -0.475 e. The van der Waals surface area contributed by atoms with Gasteiger partial charge in [-0.05, 0) is 19.1 Å². The topological polar surface area (TPSA) is 100 Å². The Morgan fingerprint density at radius 2 is 2.22 bits per heavy atom. The number of benzene rings is 1. The molecule has 3 aromatic rings. The number of hydrogen-bond acceptors (Lipinski definition) is 4. The molecular formula is C11H8N4O3. The summed E-state index contributed by atoms with van der Waals surface area (Å²) >= 11 is 0. The van der Waals surface area contributed by atoms with E-state index in [9.17, 15) is 9.59 Å². The lowest BCUT2D eigenvalue weighted by Gasteiger charge is -2.00. The van der Waals surface area contributed by atoms with Crippen molar-refractivity contribution >= 4 is 22.5 Å². The molecule has 0 aliphatic carbocycles. The number of fused-ring (bicyclic) bond motifs is 3. The van der Waals surface area contributed by atoms with Gasteiger partial charge in [0.1, 0.15) is 0 Å². The first kappa shape index (κ1) is 10.5. The number of H-pyrrole nitrogens is 1. The van der Waals surface area contributed by atoms with Crippen LogP contribution in [-0.2, 0) is 0 Å².